The number of aliphatic hydroxyl groups excluding tert-OH is 1. The highest BCUT2D eigenvalue weighted by molar-refractivity contribution is 5.92. The Balaban J connectivity index is 1.97. The normalized spacial score (nSPS) is 18.3. The molecule has 0 saturated heterocycles. The Hall–Kier alpha value is -2.13. The minimum Gasteiger partial charge on any atom is -0.416 e. The molecule has 1 aromatic rings. The number of aromatic amines is 1. The number of rotatable bonds is 8. The number of amides is 2. The second-order valence-electron chi connectivity index (χ2n) is 6.93. The molecule has 2 rings (SSSR count). The SMILES string of the molecule is CC(C)OC1(C(=O)NCC(C)(CO)NC(=O)c2coc(=O)[nH]2)CCC1. The fourth-order valence-electron chi connectivity index (χ4n) is 2.66. The molecule has 0 bridgehead atoms. The molecule has 1 aliphatic carbocycles. The van der Waals surface area contributed by atoms with E-state index in [1.54, 1.807) is 6.92 Å². The Kier molecular flexibility index (Phi) is 5.69. The second kappa shape index (κ2) is 7.40. The number of aliphatic hydroxyl groups is 1. The predicted octanol–water partition coefficient (Wildman–Crippen LogP) is -0.0874. The maximum absolute atomic E-state index is 12.5. The molecular formula is C16H25N3O6. The minimum absolute atomic E-state index is 0.0133. The van der Waals surface area contributed by atoms with Crippen LogP contribution in [-0.2, 0) is 9.53 Å². The summed E-state index contributed by atoms with van der Waals surface area (Å²) in [5.74, 6) is -1.62. The standard InChI is InChI=1S/C16H25N3O6/c1-10(2)25-16(5-4-6-16)13(22)17-8-15(3,9-20)19-12(21)11-7-24-14(23)18-11/h7,10,20H,4-6,8-9H2,1-3H3,(H,17,22)(H,18,23)(H,19,21). The van der Waals surface area contributed by atoms with Crippen molar-refractivity contribution in [1.82, 2.24) is 15.6 Å². The van der Waals surface area contributed by atoms with E-state index in [1.807, 2.05) is 13.8 Å². The van der Waals surface area contributed by atoms with Gasteiger partial charge in [0.05, 0.1) is 18.2 Å². The average Bonchev–Trinajstić information content (AvgIpc) is 2.95. The highest BCUT2D eigenvalue weighted by atomic mass is 16.5. The Morgan fingerprint density at radius 1 is 1.48 bits per heavy atom. The van der Waals surface area contributed by atoms with Crippen LogP contribution in [0.1, 0.15) is 50.5 Å². The van der Waals surface area contributed by atoms with Crippen molar-refractivity contribution in [3.8, 4) is 0 Å². The molecule has 1 aromatic heterocycles. The maximum Gasteiger partial charge on any atom is 0.416 e. The third-order valence-corrected chi connectivity index (χ3v) is 4.20. The number of carbonyl (C=O) groups excluding carboxylic acids is 2. The Labute approximate surface area is 145 Å². The van der Waals surface area contributed by atoms with Crippen molar-refractivity contribution in [2.45, 2.75) is 57.3 Å². The summed E-state index contributed by atoms with van der Waals surface area (Å²) in [6, 6.07) is 0. The highest BCUT2D eigenvalue weighted by Gasteiger charge is 2.46. The van der Waals surface area contributed by atoms with E-state index in [9.17, 15) is 19.5 Å². The van der Waals surface area contributed by atoms with Gasteiger partial charge in [0.15, 0.2) is 0 Å². The number of carbonyl (C=O) groups is 2. The minimum atomic E-state index is -1.11. The van der Waals surface area contributed by atoms with Gasteiger partial charge in [-0.1, -0.05) is 0 Å². The molecule has 9 nitrogen and oxygen atoms in total. The average molecular weight is 355 g/mol. The topological polar surface area (TPSA) is 134 Å². The first-order valence-electron chi connectivity index (χ1n) is 8.27. The van der Waals surface area contributed by atoms with E-state index in [1.165, 1.54) is 0 Å². The third kappa shape index (κ3) is 4.49. The molecular weight excluding hydrogens is 330 g/mol. The van der Waals surface area contributed by atoms with Crippen molar-refractivity contribution in [3.63, 3.8) is 0 Å². The molecule has 1 atom stereocenters. The Morgan fingerprint density at radius 2 is 2.16 bits per heavy atom. The number of hydrogen-bond acceptors (Lipinski definition) is 6. The molecule has 140 valence electrons. The molecule has 0 radical (unpaired) electrons. The molecule has 1 unspecified atom stereocenters. The van der Waals surface area contributed by atoms with Gasteiger partial charge < -0.3 is 24.9 Å². The smallest absolute Gasteiger partial charge is 0.416 e. The molecule has 25 heavy (non-hydrogen) atoms. The quantitative estimate of drug-likeness (QED) is 0.515. The van der Waals surface area contributed by atoms with E-state index < -0.39 is 29.4 Å². The van der Waals surface area contributed by atoms with E-state index in [0.717, 1.165) is 12.7 Å². The van der Waals surface area contributed by atoms with E-state index >= 15 is 0 Å². The Morgan fingerprint density at radius 3 is 2.60 bits per heavy atom. The summed E-state index contributed by atoms with van der Waals surface area (Å²) < 4.78 is 10.3. The lowest BCUT2D eigenvalue weighted by Gasteiger charge is -2.42. The van der Waals surface area contributed by atoms with Crippen molar-refractivity contribution >= 4 is 11.8 Å². The molecule has 1 aliphatic rings. The molecule has 4 N–H and O–H groups in total. The van der Waals surface area contributed by atoms with Crippen LogP contribution >= 0.6 is 0 Å². The first kappa shape index (κ1) is 19.2. The van der Waals surface area contributed by atoms with Crippen LogP contribution in [0.5, 0.6) is 0 Å². The fraction of sp³-hybridized carbons (Fsp3) is 0.688. The molecule has 1 saturated carbocycles. The van der Waals surface area contributed by atoms with Crippen molar-refractivity contribution in [2.24, 2.45) is 0 Å². The summed E-state index contributed by atoms with van der Waals surface area (Å²) in [4.78, 5) is 37.8. The van der Waals surface area contributed by atoms with Crippen molar-refractivity contribution in [1.29, 1.82) is 0 Å². The molecule has 0 aliphatic heterocycles. The summed E-state index contributed by atoms with van der Waals surface area (Å²) in [7, 11) is 0. The first-order valence-corrected chi connectivity index (χ1v) is 8.27. The maximum atomic E-state index is 12.5. The van der Waals surface area contributed by atoms with Gasteiger partial charge in [-0.25, -0.2) is 4.79 Å². The van der Waals surface area contributed by atoms with Gasteiger partial charge in [0.25, 0.3) is 11.8 Å². The summed E-state index contributed by atoms with van der Waals surface area (Å²) in [6.07, 6.45) is 3.13. The van der Waals surface area contributed by atoms with Gasteiger partial charge in [-0.3, -0.25) is 14.6 Å². The van der Waals surface area contributed by atoms with Crippen molar-refractivity contribution in [3.05, 3.63) is 22.5 Å². The van der Waals surface area contributed by atoms with Crippen LogP contribution < -0.4 is 16.4 Å². The molecule has 1 fully saturated rings. The highest BCUT2D eigenvalue weighted by Crippen LogP contribution is 2.36. The zero-order chi connectivity index (χ0) is 18.7. The zero-order valence-corrected chi connectivity index (χ0v) is 14.7. The van der Waals surface area contributed by atoms with E-state index in [0.29, 0.717) is 12.8 Å². The lowest BCUT2D eigenvalue weighted by molar-refractivity contribution is -0.169. The fourth-order valence-corrected chi connectivity index (χ4v) is 2.66. The van der Waals surface area contributed by atoms with Gasteiger partial charge in [-0.15, -0.1) is 0 Å². The molecule has 2 amide bonds. The zero-order valence-electron chi connectivity index (χ0n) is 14.7. The number of aromatic nitrogens is 1. The van der Waals surface area contributed by atoms with Crippen LogP contribution in [0.25, 0.3) is 0 Å². The molecule has 1 heterocycles. The van der Waals surface area contributed by atoms with Crippen molar-refractivity contribution in [2.75, 3.05) is 13.2 Å². The van der Waals surface area contributed by atoms with Crippen LogP contribution in [0.2, 0.25) is 0 Å². The largest absolute Gasteiger partial charge is 0.416 e. The summed E-state index contributed by atoms with van der Waals surface area (Å²) in [5.41, 5.74) is -2.00. The van der Waals surface area contributed by atoms with Crippen molar-refractivity contribution < 1.29 is 23.8 Å². The van der Waals surface area contributed by atoms with Gasteiger partial charge in [-0.05, 0) is 40.0 Å². The number of H-pyrrole nitrogens is 1. The molecule has 9 heteroatoms. The van der Waals surface area contributed by atoms with Crippen LogP contribution in [0.15, 0.2) is 15.5 Å². The predicted molar refractivity (Wildman–Crippen MR) is 88.1 cm³/mol. The summed E-state index contributed by atoms with van der Waals surface area (Å²) in [6.45, 7) is 4.94. The van der Waals surface area contributed by atoms with Gasteiger partial charge in [0.2, 0.25) is 0 Å². The van der Waals surface area contributed by atoms with Crippen LogP contribution in [0.4, 0.5) is 0 Å². The second-order valence-corrected chi connectivity index (χ2v) is 6.93. The van der Waals surface area contributed by atoms with Gasteiger partial charge in [-0.2, -0.15) is 0 Å². The summed E-state index contributed by atoms with van der Waals surface area (Å²) in [5, 5.41) is 15.0. The first-order chi connectivity index (χ1) is 11.7. The lowest BCUT2D eigenvalue weighted by atomic mass is 9.79. The van der Waals surface area contributed by atoms with E-state index in [-0.39, 0.29) is 24.2 Å². The summed E-state index contributed by atoms with van der Waals surface area (Å²) >= 11 is 0. The number of ether oxygens (including phenoxy) is 1. The molecule has 0 spiro atoms. The third-order valence-electron chi connectivity index (χ3n) is 4.20. The van der Waals surface area contributed by atoms with E-state index in [4.69, 9.17) is 4.74 Å². The number of oxazole rings is 1. The van der Waals surface area contributed by atoms with Crippen LogP contribution in [0.3, 0.4) is 0 Å². The Bertz CT molecular complexity index is 675. The lowest BCUT2D eigenvalue weighted by Crippen LogP contribution is -2.61. The molecule has 0 aromatic carbocycles. The van der Waals surface area contributed by atoms with Gasteiger partial charge in [0.1, 0.15) is 17.6 Å². The number of hydrogen-bond donors (Lipinski definition) is 4. The van der Waals surface area contributed by atoms with Crippen LogP contribution in [0, 0.1) is 0 Å². The van der Waals surface area contributed by atoms with Gasteiger partial charge >= 0.3 is 5.76 Å². The monoisotopic (exact) mass is 355 g/mol. The number of nitrogens with one attached hydrogen (secondary N) is 3. The van der Waals surface area contributed by atoms with Gasteiger partial charge in [0, 0.05) is 6.54 Å². The van der Waals surface area contributed by atoms with E-state index in [2.05, 4.69) is 20.0 Å². The van der Waals surface area contributed by atoms with Crippen LogP contribution in [-0.4, -0.2) is 52.3 Å².